The lowest BCUT2D eigenvalue weighted by atomic mass is 10.1. The molecule has 0 aliphatic rings. The predicted octanol–water partition coefficient (Wildman–Crippen LogP) is 4.67. The van der Waals surface area contributed by atoms with Gasteiger partial charge in [0.1, 0.15) is 5.69 Å². The van der Waals surface area contributed by atoms with E-state index in [4.69, 9.17) is 27.9 Å². The number of methoxy groups -OCH3 is 1. The van der Waals surface area contributed by atoms with Crippen molar-refractivity contribution in [2.24, 2.45) is 0 Å². The number of aromatic nitrogens is 3. The molecule has 0 saturated carbocycles. The second-order valence-electron chi connectivity index (χ2n) is 7.00. The molecule has 10 heteroatoms. The fourth-order valence-corrected chi connectivity index (χ4v) is 3.53. The maximum Gasteiger partial charge on any atom is 0.274 e. The van der Waals surface area contributed by atoms with Crippen LogP contribution in [-0.2, 0) is 0 Å². The van der Waals surface area contributed by atoms with Crippen molar-refractivity contribution in [1.29, 1.82) is 0 Å². The number of pyridine rings is 1. The number of anilines is 1. The van der Waals surface area contributed by atoms with Gasteiger partial charge in [-0.15, -0.1) is 5.10 Å². The van der Waals surface area contributed by atoms with Gasteiger partial charge >= 0.3 is 0 Å². The molecule has 0 spiro atoms. The summed E-state index contributed by atoms with van der Waals surface area (Å²) in [7, 11) is 1.44. The minimum Gasteiger partial charge on any atom is -0.480 e. The van der Waals surface area contributed by atoms with E-state index < -0.39 is 5.91 Å². The molecule has 2 N–H and O–H groups in total. The average Bonchev–Trinajstić information content (AvgIpc) is 3.20. The number of aryl methyl sites for hydroxylation is 1. The molecule has 0 bridgehead atoms. The Morgan fingerprint density at radius 3 is 2.66 bits per heavy atom. The summed E-state index contributed by atoms with van der Waals surface area (Å²) in [5.74, 6) is -0.357. The van der Waals surface area contributed by atoms with Gasteiger partial charge in [-0.3, -0.25) is 9.59 Å². The first-order valence-corrected chi connectivity index (χ1v) is 10.8. The van der Waals surface area contributed by atoms with Gasteiger partial charge in [-0.05, 0) is 43.2 Å². The normalized spacial score (nSPS) is 10.7. The summed E-state index contributed by atoms with van der Waals surface area (Å²) in [4.78, 5) is 30.2. The number of hydrogen-bond donors (Lipinski definition) is 2. The predicted molar refractivity (Wildman–Crippen MR) is 124 cm³/mol. The lowest BCUT2D eigenvalue weighted by Crippen LogP contribution is -2.27. The van der Waals surface area contributed by atoms with Crippen LogP contribution in [-0.4, -0.2) is 40.2 Å². The van der Waals surface area contributed by atoms with Gasteiger partial charge in [0.15, 0.2) is 5.82 Å². The molecule has 32 heavy (non-hydrogen) atoms. The number of halogens is 2. The molecule has 0 saturated heterocycles. The molecule has 0 unspecified atom stereocenters. The Morgan fingerprint density at radius 2 is 1.97 bits per heavy atom. The molecule has 8 nitrogen and oxygen atoms in total. The summed E-state index contributed by atoms with van der Waals surface area (Å²) in [6, 6.07) is 7.98. The van der Waals surface area contributed by atoms with E-state index in [-0.39, 0.29) is 28.9 Å². The van der Waals surface area contributed by atoms with Crippen LogP contribution in [0.15, 0.2) is 36.5 Å². The average molecular weight is 476 g/mol. The molecule has 1 aromatic carbocycles. The number of ether oxygens (including phenoxy) is 1. The van der Waals surface area contributed by atoms with E-state index in [0.29, 0.717) is 27.8 Å². The van der Waals surface area contributed by atoms with Crippen LogP contribution in [0.25, 0.3) is 5.82 Å². The smallest absolute Gasteiger partial charge is 0.274 e. The number of carbonyl (C=O) groups excluding carboxylic acids is 2. The molecule has 0 aliphatic carbocycles. The molecular formula is C22H23Cl2N5O3. The van der Waals surface area contributed by atoms with E-state index in [1.165, 1.54) is 23.9 Å². The number of rotatable bonds is 8. The Morgan fingerprint density at radius 1 is 1.19 bits per heavy atom. The summed E-state index contributed by atoms with van der Waals surface area (Å²) < 4.78 is 6.48. The van der Waals surface area contributed by atoms with Gasteiger partial charge in [-0.25, -0.2) is 9.67 Å². The molecule has 168 valence electrons. The van der Waals surface area contributed by atoms with Crippen molar-refractivity contribution in [1.82, 2.24) is 20.1 Å². The molecule has 2 amide bonds. The number of nitrogens with zero attached hydrogens (tertiary/aromatic N) is 3. The van der Waals surface area contributed by atoms with Crippen LogP contribution in [0, 0.1) is 6.92 Å². The first-order chi connectivity index (χ1) is 15.3. The first-order valence-electron chi connectivity index (χ1n) is 10.00. The van der Waals surface area contributed by atoms with Crippen LogP contribution in [0.1, 0.15) is 46.2 Å². The van der Waals surface area contributed by atoms with E-state index in [0.717, 1.165) is 12.8 Å². The van der Waals surface area contributed by atoms with Crippen molar-refractivity contribution < 1.29 is 14.3 Å². The molecular weight excluding hydrogens is 453 g/mol. The Bertz CT molecular complexity index is 1150. The first kappa shape index (κ1) is 23.6. The lowest BCUT2D eigenvalue weighted by Gasteiger charge is -2.15. The fraction of sp³-hybridized carbons (Fsp3) is 0.273. The summed E-state index contributed by atoms with van der Waals surface area (Å²) >= 11 is 12.4. The summed E-state index contributed by atoms with van der Waals surface area (Å²) in [5.41, 5.74) is 1.40. The third-order valence-electron chi connectivity index (χ3n) is 4.67. The number of nitrogens with one attached hydrogen (secondary N) is 2. The van der Waals surface area contributed by atoms with Gasteiger partial charge in [0.2, 0.25) is 5.88 Å². The Balaban J connectivity index is 1.99. The van der Waals surface area contributed by atoms with Crippen LogP contribution in [0.3, 0.4) is 0 Å². The minimum atomic E-state index is -0.518. The van der Waals surface area contributed by atoms with E-state index >= 15 is 0 Å². The van der Waals surface area contributed by atoms with E-state index in [1.54, 1.807) is 31.3 Å². The summed E-state index contributed by atoms with van der Waals surface area (Å²) in [5, 5.41) is 10.6. The number of carbonyl (C=O) groups is 2. The SMILES string of the molecule is CCCCNC(=O)c1cc(Cl)cc(C)c1NC(=O)c1cc(OC)nn1-c1ncccc1Cl. The number of amides is 2. The molecule has 3 aromatic rings. The van der Waals surface area contributed by atoms with Gasteiger partial charge in [0, 0.05) is 23.8 Å². The van der Waals surface area contributed by atoms with Crippen molar-refractivity contribution in [3.05, 3.63) is 63.4 Å². The van der Waals surface area contributed by atoms with E-state index in [2.05, 4.69) is 20.7 Å². The summed E-state index contributed by atoms with van der Waals surface area (Å²) in [6.45, 7) is 4.32. The van der Waals surface area contributed by atoms with Crippen LogP contribution < -0.4 is 15.4 Å². The quantitative estimate of drug-likeness (QED) is 0.461. The molecule has 0 radical (unpaired) electrons. The van der Waals surface area contributed by atoms with Crippen LogP contribution in [0.4, 0.5) is 5.69 Å². The summed E-state index contributed by atoms with van der Waals surface area (Å²) in [6.07, 6.45) is 3.33. The largest absolute Gasteiger partial charge is 0.480 e. The van der Waals surface area contributed by atoms with E-state index in [9.17, 15) is 9.59 Å². The van der Waals surface area contributed by atoms with Crippen molar-refractivity contribution in [3.8, 4) is 11.7 Å². The standard InChI is InChI=1S/C22H23Cl2N5O3/c1-4-5-8-26-21(30)15-11-14(23)10-13(2)19(15)27-22(31)17-12-18(32-3)28-29(17)20-16(24)7-6-9-25-20/h6-7,9-12H,4-5,8H2,1-3H3,(H,26,30)(H,27,31). The number of benzene rings is 1. The number of hydrogen-bond acceptors (Lipinski definition) is 5. The molecule has 0 fully saturated rings. The highest BCUT2D eigenvalue weighted by atomic mass is 35.5. The third kappa shape index (κ3) is 5.20. The zero-order valence-electron chi connectivity index (χ0n) is 17.9. The Labute approximate surface area is 195 Å². The van der Waals surface area contributed by atoms with Crippen molar-refractivity contribution >= 4 is 40.7 Å². The molecule has 0 atom stereocenters. The molecule has 2 aromatic heterocycles. The van der Waals surface area contributed by atoms with Gasteiger partial charge < -0.3 is 15.4 Å². The fourth-order valence-electron chi connectivity index (χ4n) is 3.06. The van der Waals surface area contributed by atoms with Crippen LogP contribution >= 0.6 is 23.2 Å². The van der Waals surface area contributed by atoms with E-state index in [1.807, 2.05) is 6.92 Å². The zero-order valence-corrected chi connectivity index (χ0v) is 19.4. The van der Waals surface area contributed by atoms with Gasteiger partial charge in [0.25, 0.3) is 11.8 Å². The Kier molecular flexibility index (Phi) is 7.71. The van der Waals surface area contributed by atoms with Gasteiger partial charge in [0.05, 0.1) is 23.4 Å². The van der Waals surface area contributed by atoms with Crippen molar-refractivity contribution in [3.63, 3.8) is 0 Å². The second kappa shape index (κ2) is 10.5. The topological polar surface area (TPSA) is 98.1 Å². The van der Waals surface area contributed by atoms with Gasteiger partial charge in [-0.1, -0.05) is 36.5 Å². The maximum atomic E-state index is 13.3. The Hall–Kier alpha value is -3.10. The highest BCUT2D eigenvalue weighted by Crippen LogP contribution is 2.28. The van der Waals surface area contributed by atoms with Crippen molar-refractivity contribution in [2.45, 2.75) is 26.7 Å². The van der Waals surface area contributed by atoms with Gasteiger partial charge in [-0.2, -0.15) is 0 Å². The number of unbranched alkanes of at least 4 members (excludes halogenated alkanes) is 1. The molecule has 3 rings (SSSR count). The highest BCUT2D eigenvalue weighted by molar-refractivity contribution is 6.32. The van der Waals surface area contributed by atoms with Crippen molar-refractivity contribution in [2.75, 3.05) is 19.0 Å². The lowest BCUT2D eigenvalue weighted by molar-refractivity contribution is 0.0954. The third-order valence-corrected chi connectivity index (χ3v) is 5.18. The zero-order chi connectivity index (χ0) is 23.3. The highest BCUT2D eigenvalue weighted by Gasteiger charge is 2.23. The minimum absolute atomic E-state index is 0.133. The van der Waals surface area contributed by atoms with Crippen LogP contribution in [0.5, 0.6) is 5.88 Å². The van der Waals surface area contributed by atoms with Crippen LogP contribution in [0.2, 0.25) is 10.0 Å². The molecule has 2 heterocycles. The molecule has 0 aliphatic heterocycles. The second-order valence-corrected chi connectivity index (χ2v) is 7.85. The monoisotopic (exact) mass is 475 g/mol. The maximum absolute atomic E-state index is 13.3.